The number of hydrogen-bond acceptors (Lipinski definition) is 6. The maximum absolute atomic E-state index is 13.3. The minimum Gasteiger partial charge on any atom is -0.488 e. The van der Waals surface area contributed by atoms with Crippen LogP contribution in [0.25, 0.3) is 0 Å². The van der Waals surface area contributed by atoms with Crippen LogP contribution in [-0.4, -0.2) is 57.4 Å². The van der Waals surface area contributed by atoms with E-state index in [2.05, 4.69) is 24.2 Å². The number of carbonyl (C=O) groups is 1. The molecule has 1 heterocycles. The van der Waals surface area contributed by atoms with Crippen molar-refractivity contribution in [3.8, 4) is 5.75 Å². The van der Waals surface area contributed by atoms with E-state index in [0.29, 0.717) is 29.4 Å². The smallest absolute Gasteiger partial charge is 0.411 e. The molecule has 0 aliphatic rings. The van der Waals surface area contributed by atoms with Crippen molar-refractivity contribution in [2.45, 2.75) is 113 Å². The van der Waals surface area contributed by atoms with Crippen molar-refractivity contribution < 1.29 is 14.3 Å². The lowest BCUT2D eigenvalue weighted by atomic mass is 9.97. The zero-order valence-electron chi connectivity index (χ0n) is 27.8. The number of aliphatic imine (C=N–C) groups is 1. The van der Waals surface area contributed by atoms with Gasteiger partial charge in [-0.1, -0.05) is 44.0 Å². The Morgan fingerprint density at radius 3 is 2.09 bits per heavy atom. The second kappa shape index (κ2) is 14.8. The number of amides is 1. The number of benzene rings is 1. The second-order valence-corrected chi connectivity index (χ2v) is 14.1. The molecule has 1 amide bonds. The number of aromatic nitrogens is 1. The summed E-state index contributed by atoms with van der Waals surface area (Å²) in [5.74, 6) is 0.347. The van der Waals surface area contributed by atoms with E-state index >= 15 is 0 Å². The number of carbonyl (C=O) groups excluding carboxylic acids is 1. The summed E-state index contributed by atoms with van der Waals surface area (Å²) < 4.78 is 11.9. The largest absolute Gasteiger partial charge is 0.488 e. The van der Waals surface area contributed by atoms with Crippen molar-refractivity contribution in [1.29, 1.82) is 5.41 Å². The fourth-order valence-electron chi connectivity index (χ4n) is 4.49. The van der Waals surface area contributed by atoms with Crippen molar-refractivity contribution in [3.63, 3.8) is 0 Å². The Hall–Kier alpha value is -2.84. The highest BCUT2D eigenvalue weighted by Gasteiger charge is 2.38. The van der Waals surface area contributed by atoms with Crippen LogP contribution >= 0.6 is 23.2 Å². The van der Waals surface area contributed by atoms with E-state index in [-0.39, 0.29) is 40.2 Å². The quantitative estimate of drug-likeness (QED) is 0.201. The molecule has 0 fully saturated rings. The van der Waals surface area contributed by atoms with E-state index in [0.717, 1.165) is 11.4 Å². The average Bonchev–Trinajstić information content (AvgIpc) is 2.84. The molecule has 2 N–H and O–H groups in total. The Morgan fingerprint density at radius 2 is 1.65 bits per heavy atom. The molecule has 0 saturated carbocycles. The standard InChI is InChI=1S/C33H49Cl2N5O3/c1-13-25(27-15-14-26(21(6)38-27)37-20(4)5)39-30(36)22-16-23(34)29(24(35)17-22)42-18-28(19(2)3)40(32(7,8)9)31(41)43-33(10,11)12/h14-17,19-20,28,36-37H,13,18H2,1-12H3/b36-30?,39-25+/t28-/m0/s1. The van der Waals surface area contributed by atoms with Crippen molar-refractivity contribution in [2.24, 2.45) is 10.9 Å². The Balaban J connectivity index is 2.33. The van der Waals surface area contributed by atoms with Gasteiger partial charge in [0.1, 0.15) is 12.2 Å². The van der Waals surface area contributed by atoms with Gasteiger partial charge in [-0.15, -0.1) is 0 Å². The predicted molar refractivity (Wildman–Crippen MR) is 180 cm³/mol. The first-order valence-corrected chi connectivity index (χ1v) is 15.6. The molecule has 0 aliphatic heterocycles. The van der Waals surface area contributed by atoms with Gasteiger partial charge < -0.3 is 14.8 Å². The van der Waals surface area contributed by atoms with Crippen LogP contribution in [0.15, 0.2) is 29.3 Å². The summed E-state index contributed by atoms with van der Waals surface area (Å²) in [4.78, 5) is 24.3. The first-order valence-electron chi connectivity index (χ1n) is 14.8. The first-order chi connectivity index (χ1) is 19.7. The zero-order chi connectivity index (χ0) is 32.9. The topological polar surface area (TPSA) is 99.9 Å². The molecule has 1 aromatic carbocycles. The Bertz CT molecular complexity index is 1300. The van der Waals surface area contributed by atoms with Gasteiger partial charge in [-0.05, 0) is 98.9 Å². The van der Waals surface area contributed by atoms with Crippen LogP contribution in [0.3, 0.4) is 0 Å². The minimum absolute atomic E-state index is 0.0138. The van der Waals surface area contributed by atoms with E-state index in [9.17, 15) is 4.79 Å². The molecule has 10 heteroatoms. The minimum atomic E-state index is -0.640. The average molecular weight is 635 g/mol. The van der Waals surface area contributed by atoms with Crippen LogP contribution in [0.5, 0.6) is 5.75 Å². The number of nitrogens with one attached hydrogen (secondary N) is 2. The van der Waals surface area contributed by atoms with Crippen molar-refractivity contribution in [2.75, 3.05) is 11.9 Å². The Kier molecular flexibility index (Phi) is 12.5. The molecule has 0 aliphatic carbocycles. The summed E-state index contributed by atoms with van der Waals surface area (Å²) in [7, 11) is 0. The third-order valence-electron chi connectivity index (χ3n) is 6.49. The van der Waals surface area contributed by atoms with Gasteiger partial charge in [-0.25, -0.2) is 14.8 Å². The molecule has 0 radical (unpaired) electrons. The summed E-state index contributed by atoms with van der Waals surface area (Å²) >= 11 is 13.3. The number of pyridine rings is 1. The molecular formula is C33H49Cl2N5O3. The van der Waals surface area contributed by atoms with Gasteiger partial charge in [-0.2, -0.15) is 0 Å². The van der Waals surface area contributed by atoms with Gasteiger partial charge in [0.25, 0.3) is 0 Å². The number of ether oxygens (including phenoxy) is 2. The van der Waals surface area contributed by atoms with Gasteiger partial charge >= 0.3 is 6.09 Å². The SMILES string of the molecule is CC/C(=N\C(=N)c1cc(Cl)c(OC[C@@H](C(C)C)N(C(=O)OC(C)(C)C)C(C)(C)C)c(Cl)c1)c1ccc(NC(C)C)c(C)n1. The van der Waals surface area contributed by atoms with Gasteiger partial charge in [0.15, 0.2) is 11.6 Å². The van der Waals surface area contributed by atoms with Crippen LogP contribution in [0.1, 0.15) is 99.5 Å². The Morgan fingerprint density at radius 1 is 1.07 bits per heavy atom. The van der Waals surface area contributed by atoms with E-state index in [1.54, 1.807) is 17.0 Å². The summed E-state index contributed by atoms with van der Waals surface area (Å²) in [5.41, 5.74) is 2.51. The molecule has 0 saturated heterocycles. The maximum atomic E-state index is 13.3. The lowest BCUT2D eigenvalue weighted by Crippen LogP contribution is -2.56. The van der Waals surface area contributed by atoms with Gasteiger partial charge in [0, 0.05) is 17.1 Å². The van der Waals surface area contributed by atoms with Crippen LogP contribution in [0.4, 0.5) is 10.5 Å². The fourth-order valence-corrected chi connectivity index (χ4v) is 5.08. The molecule has 43 heavy (non-hydrogen) atoms. The van der Waals surface area contributed by atoms with E-state index < -0.39 is 17.2 Å². The van der Waals surface area contributed by atoms with E-state index in [1.165, 1.54) is 0 Å². The lowest BCUT2D eigenvalue weighted by molar-refractivity contribution is -0.0228. The van der Waals surface area contributed by atoms with Crippen LogP contribution in [0, 0.1) is 18.3 Å². The first kappa shape index (κ1) is 36.4. The molecule has 0 bridgehead atoms. The molecule has 238 valence electrons. The molecule has 0 unspecified atom stereocenters. The number of nitrogens with zero attached hydrogens (tertiary/aromatic N) is 3. The monoisotopic (exact) mass is 633 g/mol. The number of hydrogen-bond donors (Lipinski definition) is 2. The van der Waals surface area contributed by atoms with E-state index in [4.69, 9.17) is 43.1 Å². The Labute approximate surface area is 268 Å². The third-order valence-corrected chi connectivity index (χ3v) is 7.05. The number of rotatable bonds is 10. The highest BCUT2D eigenvalue weighted by Crippen LogP contribution is 2.36. The highest BCUT2D eigenvalue weighted by atomic mass is 35.5. The number of aryl methyl sites for hydroxylation is 1. The summed E-state index contributed by atoms with van der Waals surface area (Å²) in [6.45, 7) is 23.7. The highest BCUT2D eigenvalue weighted by molar-refractivity contribution is 6.37. The maximum Gasteiger partial charge on any atom is 0.411 e. The van der Waals surface area contributed by atoms with Crippen molar-refractivity contribution in [3.05, 3.63) is 51.3 Å². The van der Waals surface area contributed by atoms with Gasteiger partial charge in [0.05, 0.1) is 38.9 Å². The summed E-state index contributed by atoms with van der Waals surface area (Å²) in [6.07, 6.45) is 0.177. The van der Waals surface area contributed by atoms with Crippen LogP contribution < -0.4 is 10.1 Å². The summed E-state index contributed by atoms with van der Waals surface area (Å²) in [5, 5.41) is 12.6. The number of anilines is 1. The van der Waals surface area contributed by atoms with Crippen LogP contribution in [0.2, 0.25) is 10.0 Å². The molecule has 8 nitrogen and oxygen atoms in total. The molecular weight excluding hydrogens is 585 g/mol. The predicted octanol–water partition coefficient (Wildman–Crippen LogP) is 9.18. The normalized spacial score (nSPS) is 13.3. The third kappa shape index (κ3) is 10.4. The molecule has 1 atom stereocenters. The van der Waals surface area contributed by atoms with E-state index in [1.807, 2.05) is 81.4 Å². The fraction of sp³-hybridized carbons (Fsp3) is 0.576. The molecule has 2 rings (SSSR count). The molecule has 0 spiro atoms. The molecule has 2 aromatic rings. The van der Waals surface area contributed by atoms with Crippen molar-refractivity contribution in [1.82, 2.24) is 9.88 Å². The van der Waals surface area contributed by atoms with Gasteiger partial charge in [-0.3, -0.25) is 10.3 Å². The van der Waals surface area contributed by atoms with Crippen molar-refractivity contribution >= 4 is 46.5 Å². The summed E-state index contributed by atoms with van der Waals surface area (Å²) in [6, 6.07) is 7.11. The lowest BCUT2D eigenvalue weighted by Gasteiger charge is -2.43. The van der Waals surface area contributed by atoms with Crippen LogP contribution in [-0.2, 0) is 4.74 Å². The number of amidine groups is 1. The number of halogens is 2. The second-order valence-electron chi connectivity index (χ2n) is 13.3. The molecule has 1 aromatic heterocycles. The zero-order valence-corrected chi connectivity index (χ0v) is 29.3. The van der Waals surface area contributed by atoms with Gasteiger partial charge in [0.2, 0.25) is 0 Å².